The molecule has 0 aliphatic carbocycles. The summed E-state index contributed by atoms with van der Waals surface area (Å²) in [5.74, 6) is 0. The van der Waals surface area contributed by atoms with Crippen molar-refractivity contribution in [1.82, 2.24) is 19.1 Å². The molecular weight excluding hydrogens is 236 g/mol. The molecule has 2 heterocycles. The molecule has 4 aromatic rings. The Morgan fingerprint density at radius 3 is 1.68 bits per heavy atom. The minimum absolute atomic E-state index is 0.723. The van der Waals surface area contributed by atoms with Gasteiger partial charge in [0.2, 0.25) is 0 Å². The fourth-order valence-corrected chi connectivity index (χ4v) is 2.41. The van der Waals surface area contributed by atoms with Gasteiger partial charge in [-0.05, 0) is 24.3 Å². The molecule has 0 saturated heterocycles. The van der Waals surface area contributed by atoms with Crippen molar-refractivity contribution in [1.29, 1.82) is 0 Å². The van der Waals surface area contributed by atoms with E-state index in [0.717, 1.165) is 28.7 Å². The molecule has 0 N–H and O–H groups in total. The van der Waals surface area contributed by atoms with Gasteiger partial charge in [-0.2, -0.15) is 0 Å². The average molecular weight is 248 g/mol. The van der Waals surface area contributed by atoms with E-state index >= 15 is 0 Å². The number of para-hydroxylation sites is 4. The van der Waals surface area contributed by atoms with Crippen molar-refractivity contribution < 1.29 is 0 Å². The van der Waals surface area contributed by atoms with Gasteiger partial charge < -0.3 is 9.13 Å². The zero-order valence-corrected chi connectivity index (χ0v) is 10.3. The predicted molar refractivity (Wildman–Crippen MR) is 74.9 cm³/mol. The SMILES string of the molecule is c1ccc2c(c1)ncn2Cn1cnc2ccccc21. The fourth-order valence-electron chi connectivity index (χ4n) is 2.41. The molecule has 0 amide bonds. The molecule has 0 aliphatic rings. The molecule has 4 heteroatoms. The molecule has 92 valence electrons. The van der Waals surface area contributed by atoms with Crippen LogP contribution < -0.4 is 0 Å². The summed E-state index contributed by atoms with van der Waals surface area (Å²) < 4.78 is 4.26. The molecule has 0 saturated carbocycles. The summed E-state index contributed by atoms with van der Waals surface area (Å²) >= 11 is 0. The van der Waals surface area contributed by atoms with E-state index in [-0.39, 0.29) is 0 Å². The Hall–Kier alpha value is -2.62. The van der Waals surface area contributed by atoms with Crippen LogP contribution in [0.15, 0.2) is 61.2 Å². The molecule has 2 aromatic heterocycles. The molecule has 0 fully saturated rings. The second-order valence-corrected chi connectivity index (χ2v) is 4.55. The Balaban J connectivity index is 1.82. The Kier molecular flexibility index (Phi) is 2.14. The highest BCUT2D eigenvalue weighted by molar-refractivity contribution is 5.76. The third-order valence-corrected chi connectivity index (χ3v) is 3.36. The molecule has 2 aromatic carbocycles. The Labute approximate surface area is 109 Å². The molecule has 0 bridgehead atoms. The van der Waals surface area contributed by atoms with Gasteiger partial charge in [0.05, 0.1) is 34.7 Å². The lowest BCUT2D eigenvalue weighted by atomic mass is 10.3. The summed E-state index contributed by atoms with van der Waals surface area (Å²) in [5, 5.41) is 0. The maximum Gasteiger partial charge on any atom is 0.102 e. The van der Waals surface area contributed by atoms with Crippen molar-refractivity contribution in [3.8, 4) is 0 Å². The van der Waals surface area contributed by atoms with Crippen LogP contribution in [-0.2, 0) is 6.67 Å². The first-order chi connectivity index (χ1) is 9.42. The molecule has 4 nitrogen and oxygen atoms in total. The standard InChI is InChI=1S/C15H12N4/c1-3-7-14-12(5-1)16-9-18(14)11-19-10-17-13-6-2-4-8-15(13)19/h1-10H,11H2. The van der Waals surface area contributed by atoms with Crippen LogP contribution in [-0.4, -0.2) is 19.1 Å². The number of rotatable bonds is 2. The van der Waals surface area contributed by atoms with E-state index in [9.17, 15) is 0 Å². The molecule has 0 atom stereocenters. The number of fused-ring (bicyclic) bond motifs is 2. The first-order valence-corrected chi connectivity index (χ1v) is 6.21. The van der Waals surface area contributed by atoms with Crippen LogP contribution in [0.1, 0.15) is 0 Å². The van der Waals surface area contributed by atoms with Gasteiger partial charge in [0.15, 0.2) is 0 Å². The van der Waals surface area contributed by atoms with Crippen LogP contribution in [0.25, 0.3) is 22.1 Å². The lowest BCUT2D eigenvalue weighted by Crippen LogP contribution is -2.05. The van der Waals surface area contributed by atoms with Crippen molar-refractivity contribution in [3.63, 3.8) is 0 Å². The van der Waals surface area contributed by atoms with Crippen molar-refractivity contribution in [2.75, 3.05) is 0 Å². The second kappa shape index (κ2) is 3.95. The van der Waals surface area contributed by atoms with Crippen LogP contribution in [0.3, 0.4) is 0 Å². The number of imidazole rings is 2. The number of hydrogen-bond acceptors (Lipinski definition) is 2. The third-order valence-electron chi connectivity index (χ3n) is 3.36. The van der Waals surface area contributed by atoms with E-state index < -0.39 is 0 Å². The fraction of sp³-hybridized carbons (Fsp3) is 0.0667. The molecule has 0 unspecified atom stereocenters. The van der Waals surface area contributed by atoms with E-state index in [1.54, 1.807) is 0 Å². The van der Waals surface area contributed by atoms with Gasteiger partial charge in [-0.15, -0.1) is 0 Å². The van der Waals surface area contributed by atoms with Crippen LogP contribution in [0.2, 0.25) is 0 Å². The van der Waals surface area contributed by atoms with E-state index in [1.807, 2.05) is 49.1 Å². The van der Waals surface area contributed by atoms with Crippen molar-refractivity contribution >= 4 is 22.1 Å². The lowest BCUT2D eigenvalue weighted by molar-refractivity contribution is 0.637. The van der Waals surface area contributed by atoms with Gasteiger partial charge in [-0.3, -0.25) is 0 Å². The number of benzene rings is 2. The highest BCUT2D eigenvalue weighted by atomic mass is 15.2. The van der Waals surface area contributed by atoms with Gasteiger partial charge in [0.25, 0.3) is 0 Å². The summed E-state index contributed by atoms with van der Waals surface area (Å²) in [6.07, 6.45) is 3.75. The first-order valence-electron chi connectivity index (χ1n) is 6.21. The highest BCUT2D eigenvalue weighted by Gasteiger charge is 2.04. The van der Waals surface area contributed by atoms with E-state index in [4.69, 9.17) is 0 Å². The third kappa shape index (κ3) is 1.61. The van der Waals surface area contributed by atoms with Crippen LogP contribution >= 0.6 is 0 Å². The zero-order chi connectivity index (χ0) is 12.7. The first kappa shape index (κ1) is 10.3. The van der Waals surface area contributed by atoms with E-state index in [0.29, 0.717) is 0 Å². The molecular formula is C15H12N4. The van der Waals surface area contributed by atoms with Gasteiger partial charge in [-0.25, -0.2) is 9.97 Å². The van der Waals surface area contributed by atoms with E-state index in [2.05, 4.69) is 31.2 Å². The maximum atomic E-state index is 4.41. The van der Waals surface area contributed by atoms with E-state index in [1.165, 1.54) is 0 Å². The normalized spacial score (nSPS) is 11.4. The summed E-state index contributed by atoms with van der Waals surface area (Å²) in [7, 11) is 0. The average Bonchev–Trinajstić information content (AvgIpc) is 3.05. The van der Waals surface area contributed by atoms with Gasteiger partial charge in [0.1, 0.15) is 6.67 Å². The van der Waals surface area contributed by atoms with Gasteiger partial charge in [0, 0.05) is 0 Å². The minimum Gasteiger partial charge on any atom is -0.312 e. The Morgan fingerprint density at radius 2 is 1.16 bits per heavy atom. The van der Waals surface area contributed by atoms with Crippen LogP contribution in [0, 0.1) is 0 Å². The summed E-state index contributed by atoms with van der Waals surface area (Å²) in [6, 6.07) is 16.3. The summed E-state index contributed by atoms with van der Waals surface area (Å²) in [6.45, 7) is 0.723. The molecule has 19 heavy (non-hydrogen) atoms. The summed E-state index contributed by atoms with van der Waals surface area (Å²) in [4.78, 5) is 8.82. The van der Waals surface area contributed by atoms with Crippen LogP contribution in [0.4, 0.5) is 0 Å². The van der Waals surface area contributed by atoms with Crippen LogP contribution in [0.5, 0.6) is 0 Å². The lowest BCUT2D eigenvalue weighted by Gasteiger charge is -2.06. The minimum atomic E-state index is 0.723. The zero-order valence-electron chi connectivity index (χ0n) is 10.3. The topological polar surface area (TPSA) is 35.6 Å². The van der Waals surface area contributed by atoms with Crippen molar-refractivity contribution in [3.05, 3.63) is 61.2 Å². The Bertz CT molecular complexity index is 784. The molecule has 0 aliphatic heterocycles. The monoisotopic (exact) mass is 248 g/mol. The molecule has 0 spiro atoms. The van der Waals surface area contributed by atoms with Gasteiger partial charge in [-0.1, -0.05) is 24.3 Å². The highest BCUT2D eigenvalue weighted by Crippen LogP contribution is 2.15. The van der Waals surface area contributed by atoms with Crippen molar-refractivity contribution in [2.24, 2.45) is 0 Å². The number of aromatic nitrogens is 4. The quantitative estimate of drug-likeness (QED) is 0.547. The second-order valence-electron chi connectivity index (χ2n) is 4.55. The summed E-state index contributed by atoms with van der Waals surface area (Å²) in [5.41, 5.74) is 4.32. The number of hydrogen-bond donors (Lipinski definition) is 0. The molecule has 0 radical (unpaired) electrons. The maximum absolute atomic E-state index is 4.41. The predicted octanol–water partition coefficient (Wildman–Crippen LogP) is 2.89. The van der Waals surface area contributed by atoms with Gasteiger partial charge >= 0.3 is 0 Å². The largest absolute Gasteiger partial charge is 0.312 e. The number of nitrogens with zero attached hydrogens (tertiary/aromatic N) is 4. The smallest absolute Gasteiger partial charge is 0.102 e. The molecule has 4 rings (SSSR count). The van der Waals surface area contributed by atoms with Crippen molar-refractivity contribution in [2.45, 2.75) is 6.67 Å². The Morgan fingerprint density at radius 1 is 0.684 bits per heavy atom.